The van der Waals surface area contributed by atoms with E-state index in [-0.39, 0.29) is 23.4 Å². The molecule has 1 aliphatic heterocycles. The molecule has 1 heterocycles. The van der Waals surface area contributed by atoms with Gasteiger partial charge in [-0.25, -0.2) is 9.69 Å². The Labute approximate surface area is 206 Å². The lowest BCUT2D eigenvalue weighted by atomic mass is 10.1. The maximum atomic E-state index is 13.1. The van der Waals surface area contributed by atoms with Crippen molar-refractivity contribution in [1.29, 1.82) is 0 Å². The number of barbiturate groups is 1. The molecule has 4 amide bonds. The van der Waals surface area contributed by atoms with E-state index in [1.165, 1.54) is 18.2 Å². The lowest BCUT2D eigenvalue weighted by Gasteiger charge is -2.26. The molecule has 182 valence electrons. The highest BCUT2D eigenvalue weighted by Gasteiger charge is 2.36. The molecule has 0 spiro atoms. The van der Waals surface area contributed by atoms with Gasteiger partial charge in [-0.2, -0.15) is 0 Å². The molecular formula is C27H21N2O7-. The molecule has 1 saturated heterocycles. The summed E-state index contributed by atoms with van der Waals surface area (Å²) in [4.78, 5) is 49.8. The van der Waals surface area contributed by atoms with Crippen LogP contribution in [0.3, 0.4) is 0 Å². The fourth-order valence-electron chi connectivity index (χ4n) is 3.55. The molecule has 3 aromatic carbocycles. The first-order chi connectivity index (χ1) is 17.4. The average Bonchev–Trinajstić information content (AvgIpc) is 2.86. The quantitative estimate of drug-likeness (QED) is 0.384. The highest BCUT2D eigenvalue weighted by molar-refractivity contribution is 6.39. The molecule has 36 heavy (non-hydrogen) atoms. The fourth-order valence-corrected chi connectivity index (χ4v) is 3.55. The van der Waals surface area contributed by atoms with Crippen molar-refractivity contribution < 1.29 is 33.8 Å². The number of urea groups is 1. The minimum atomic E-state index is -1.27. The predicted octanol–water partition coefficient (Wildman–Crippen LogP) is 2.69. The molecule has 9 heteroatoms. The lowest BCUT2D eigenvalue weighted by Crippen LogP contribution is -2.54. The Kier molecular flexibility index (Phi) is 7.10. The Morgan fingerprint density at radius 1 is 0.944 bits per heavy atom. The van der Waals surface area contributed by atoms with E-state index in [1.807, 2.05) is 6.92 Å². The van der Waals surface area contributed by atoms with Gasteiger partial charge in [0.05, 0.1) is 18.3 Å². The van der Waals surface area contributed by atoms with E-state index < -0.39 is 23.8 Å². The smallest absolute Gasteiger partial charge is 0.335 e. The van der Waals surface area contributed by atoms with Crippen LogP contribution in [-0.2, 0) is 16.2 Å². The number of nitrogens with zero attached hydrogens (tertiary/aromatic N) is 1. The van der Waals surface area contributed by atoms with E-state index in [0.717, 1.165) is 4.90 Å². The van der Waals surface area contributed by atoms with Gasteiger partial charge in [-0.05, 0) is 60.0 Å². The predicted molar refractivity (Wildman–Crippen MR) is 128 cm³/mol. The molecule has 3 aromatic rings. The van der Waals surface area contributed by atoms with Crippen LogP contribution < -0.4 is 24.8 Å². The number of aromatic carboxylic acids is 1. The zero-order valence-electron chi connectivity index (χ0n) is 19.2. The van der Waals surface area contributed by atoms with Gasteiger partial charge >= 0.3 is 6.03 Å². The van der Waals surface area contributed by atoms with Crippen molar-refractivity contribution >= 4 is 35.6 Å². The van der Waals surface area contributed by atoms with E-state index in [4.69, 9.17) is 9.47 Å². The van der Waals surface area contributed by atoms with Crippen molar-refractivity contribution in [3.05, 3.63) is 95.1 Å². The van der Waals surface area contributed by atoms with Crippen LogP contribution in [0.1, 0.15) is 28.4 Å². The number of benzene rings is 3. The van der Waals surface area contributed by atoms with Crippen LogP contribution in [0.25, 0.3) is 6.08 Å². The topological polar surface area (TPSA) is 125 Å². The number of carboxylic acids is 1. The Hall–Kier alpha value is -4.92. The molecule has 1 fully saturated rings. The third-order valence-corrected chi connectivity index (χ3v) is 5.25. The number of rotatable bonds is 8. The summed E-state index contributed by atoms with van der Waals surface area (Å²) in [7, 11) is 0. The van der Waals surface area contributed by atoms with Gasteiger partial charge in [-0.3, -0.25) is 14.9 Å². The van der Waals surface area contributed by atoms with Crippen molar-refractivity contribution in [2.24, 2.45) is 0 Å². The molecule has 0 bridgehead atoms. The molecule has 1 N–H and O–H groups in total. The second-order valence-corrected chi connectivity index (χ2v) is 7.73. The van der Waals surface area contributed by atoms with Gasteiger partial charge in [0.1, 0.15) is 23.7 Å². The van der Waals surface area contributed by atoms with Crippen LogP contribution in [0, 0.1) is 0 Å². The largest absolute Gasteiger partial charge is 0.545 e. The summed E-state index contributed by atoms with van der Waals surface area (Å²) >= 11 is 0. The first kappa shape index (κ1) is 24.2. The Bertz CT molecular complexity index is 1360. The summed E-state index contributed by atoms with van der Waals surface area (Å²) in [6.07, 6.45) is 1.39. The number of ether oxygens (including phenoxy) is 2. The second kappa shape index (κ2) is 10.6. The molecule has 1 aliphatic rings. The van der Waals surface area contributed by atoms with E-state index in [0.29, 0.717) is 29.2 Å². The molecular weight excluding hydrogens is 464 g/mol. The van der Waals surface area contributed by atoms with Gasteiger partial charge in [0.25, 0.3) is 11.8 Å². The summed E-state index contributed by atoms with van der Waals surface area (Å²) in [5.41, 5.74) is 1.32. The SMILES string of the molecule is CCOc1cccc(N2C(=O)NC(=O)/C(=C\c3ccc(OCc4cccc(C(=O)[O-])c4)cc3)C2=O)c1. The Morgan fingerprint density at radius 3 is 2.42 bits per heavy atom. The monoisotopic (exact) mass is 485 g/mol. The van der Waals surface area contributed by atoms with E-state index >= 15 is 0 Å². The molecule has 0 aromatic heterocycles. The van der Waals surface area contributed by atoms with Gasteiger partial charge in [0, 0.05) is 6.07 Å². The van der Waals surface area contributed by atoms with Gasteiger partial charge in [0.15, 0.2) is 0 Å². The van der Waals surface area contributed by atoms with E-state index in [2.05, 4.69) is 5.32 Å². The number of nitrogens with one attached hydrogen (secondary N) is 1. The first-order valence-corrected chi connectivity index (χ1v) is 11.0. The van der Waals surface area contributed by atoms with Crippen molar-refractivity contribution in [1.82, 2.24) is 5.32 Å². The average molecular weight is 485 g/mol. The Morgan fingerprint density at radius 2 is 1.69 bits per heavy atom. The lowest BCUT2D eigenvalue weighted by molar-refractivity contribution is -0.255. The molecule has 0 saturated carbocycles. The van der Waals surface area contributed by atoms with Crippen LogP contribution >= 0.6 is 0 Å². The van der Waals surface area contributed by atoms with Gasteiger partial charge in [0.2, 0.25) is 0 Å². The number of carboxylic acid groups (broad SMARTS) is 1. The van der Waals surface area contributed by atoms with Crippen LogP contribution in [0.2, 0.25) is 0 Å². The summed E-state index contributed by atoms with van der Waals surface area (Å²) in [5.74, 6) is -1.83. The number of carbonyl (C=O) groups is 4. The molecule has 9 nitrogen and oxygen atoms in total. The molecule has 0 atom stereocenters. The third-order valence-electron chi connectivity index (χ3n) is 5.25. The maximum Gasteiger partial charge on any atom is 0.335 e. The highest BCUT2D eigenvalue weighted by atomic mass is 16.5. The minimum Gasteiger partial charge on any atom is -0.545 e. The van der Waals surface area contributed by atoms with Crippen molar-refractivity contribution in [2.45, 2.75) is 13.5 Å². The van der Waals surface area contributed by atoms with Crippen molar-refractivity contribution in [3.63, 3.8) is 0 Å². The zero-order valence-corrected chi connectivity index (χ0v) is 19.2. The Balaban J connectivity index is 1.50. The van der Waals surface area contributed by atoms with Crippen LogP contribution in [-0.4, -0.2) is 30.4 Å². The zero-order chi connectivity index (χ0) is 25.7. The standard InChI is InChI=1S/C27H22N2O7/c1-2-35-22-8-4-7-20(15-22)29-25(31)23(24(30)28-27(29)34)14-17-9-11-21(12-10-17)36-16-18-5-3-6-19(13-18)26(32)33/h3-15H,2,16H2,1H3,(H,32,33)(H,28,30,34)/p-1/b23-14+. The summed E-state index contributed by atoms with van der Waals surface area (Å²) < 4.78 is 11.1. The first-order valence-electron chi connectivity index (χ1n) is 11.0. The summed E-state index contributed by atoms with van der Waals surface area (Å²) in [5, 5.41) is 13.2. The fraction of sp³-hybridized carbons (Fsp3) is 0.111. The summed E-state index contributed by atoms with van der Waals surface area (Å²) in [6.45, 7) is 2.37. The van der Waals surface area contributed by atoms with Crippen LogP contribution in [0.4, 0.5) is 10.5 Å². The third kappa shape index (κ3) is 5.41. The van der Waals surface area contributed by atoms with Gasteiger partial charge < -0.3 is 19.4 Å². The number of anilines is 1. The minimum absolute atomic E-state index is 0.0608. The van der Waals surface area contributed by atoms with Crippen molar-refractivity contribution in [2.75, 3.05) is 11.5 Å². The number of hydrogen-bond acceptors (Lipinski definition) is 7. The number of amides is 4. The maximum absolute atomic E-state index is 13.1. The normalized spacial score (nSPS) is 14.5. The van der Waals surface area contributed by atoms with Crippen molar-refractivity contribution in [3.8, 4) is 11.5 Å². The summed E-state index contributed by atoms with van der Waals surface area (Å²) in [6, 6.07) is 18.5. The molecule has 4 rings (SSSR count). The highest BCUT2D eigenvalue weighted by Crippen LogP contribution is 2.26. The molecule has 0 aliphatic carbocycles. The van der Waals surface area contributed by atoms with Crippen LogP contribution in [0.15, 0.2) is 78.4 Å². The van der Waals surface area contributed by atoms with E-state index in [9.17, 15) is 24.3 Å². The van der Waals surface area contributed by atoms with Crippen LogP contribution in [0.5, 0.6) is 11.5 Å². The van der Waals surface area contributed by atoms with E-state index in [1.54, 1.807) is 60.7 Å². The number of hydrogen-bond donors (Lipinski definition) is 1. The van der Waals surface area contributed by atoms with Gasteiger partial charge in [-0.1, -0.05) is 36.4 Å². The second-order valence-electron chi connectivity index (χ2n) is 7.73. The number of carbonyl (C=O) groups excluding carboxylic acids is 4. The van der Waals surface area contributed by atoms with Gasteiger partial charge in [-0.15, -0.1) is 0 Å². The number of imide groups is 2. The molecule has 0 unspecified atom stereocenters. The molecule has 0 radical (unpaired) electrons.